The van der Waals surface area contributed by atoms with Crippen molar-refractivity contribution in [3.8, 4) is 11.5 Å². The zero-order chi connectivity index (χ0) is 24.4. The van der Waals surface area contributed by atoms with Crippen LogP contribution in [-0.2, 0) is 38.3 Å². The molecular formula is C21H29NO8S2Si. The zero-order valence-electron chi connectivity index (χ0n) is 19.4. The largest absolute Gasteiger partial charge is 0.400 e. The molecule has 1 aliphatic carbocycles. The lowest BCUT2D eigenvalue weighted by Crippen LogP contribution is -2.63. The summed E-state index contributed by atoms with van der Waals surface area (Å²) in [5, 5.41) is 0. The van der Waals surface area contributed by atoms with Crippen molar-refractivity contribution in [1.82, 2.24) is 4.72 Å². The molecule has 0 spiro atoms. The molecule has 2 heterocycles. The smallest absolute Gasteiger partial charge is 0.343 e. The van der Waals surface area contributed by atoms with E-state index in [2.05, 4.69) is 16.2 Å². The van der Waals surface area contributed by atoms with Gasteiger partial charge in [0.15, 0.2) is 5.79 Å². The molecule has 1 N–H and O–H groups in total. The third-order valence-electron chi connectivity index (χ3n) is 5.60. The van der Waals surface area contributed by atoms with Crippen molar-refractivity contribution >= 4 is 28.5 Å². The van der Waals surface area contributed by atoms with E-state index in [0.29, 0.717) is 0 Å². The minimum absolute atomic E-state index is 0.0815. The number of rotatable bonds is 3. The average Bonchev–Trinajstić information content (AvgIpc) is 3.15. The van der Waals surface area contributed by atoms with Gasteiger partial charge in [-0.3, -0.25) is 0 Å². The molecule has 182 valence electrons. The van der Waals surface area contributed by atoms with E-state index >= 15 is 0 Å². The fourth-order valence-corrected chi connectivity index (χ4v) is 7.15. The number of benzene rings is 1. The summed E-state index contributed by atoms with van der Waals surface area (Å²) in [4.78, 5) is 0.0815. The van der Waals surface area contributed by atoms with Crippen molar-refractivity contribution < 1.29 is 34.7 Å². The molecule has 0 bridgehead atoms. The van der Waals surface area contributed by atoms with Gasteiger partial charge >= 0.3 is 10.4 Å². The standard InChI is InChI=1S/C21H29NO8S2Si/c1-13-7-9-14(10-8-13)31(23,24)22-16-15(11-12-33(4,5)6)17-20(30-32(25,26)29-17)19-18(16)27-21(2,3)28-19/h7-10,15-20,22H,1-6H3/t15-,16-,17+,18+,19+,20+/m1/s1. The highest BCUT2D eigenvalue weighted by molar-refractivity contribution is 7.89. The molecule has 3 aliphatic rings. The molecule has 1 aromatic carbocycles. The molecular weight excluding hydrogens is 486 g/mol. The van der Waals surface area contributed by atoms with E-state index in [4.69, 9.17) is 17.8 Å². The maximum Gasteiger partial charge on any atom is 0.400 e. The molecule has 12 heteroatoms. The first-order valence-electron chi connectivity index (χ1n) is 10.7. The van der Waals surface area contributed by atoms with Gasteiger partial charge < -0.3 is 9.47 Å². The number of ether oxygens (including phenoxy) is 2. The molecule has 0 unspecified atom stereocenters. The summed E-state index contributed by atoms with van der Waals surface area (Å²) in [5.74, 6) is 1.21. The van der Waals surface area contributed by atoms with Crippen LogP contribution in [0.2, 0.25) is 19.6 Å². The van der Waals surface area contributed by atoms with Gasteiger partial charge in [-0.05, 0) is 32.9 Å². The summed E-state index contributed by atoms with van der Waals surface area (Å²) in [7, 11) is -10.2. The third kappa shape index (κ3) is 5.20. The molecule has 6 atom stereocenters. The number of hydrogen-bond donors (Lipinski definition) is 1. The molecule has 1 saturated carbocycles. The molecule has 0 amide bonds. The molecule has 0 radical (unpaired) electrons. The zero-order valence-corrected chi connectivity index (χ0v) is 22.0. The van der Waals surface area contributed by atoms with Crippen molar-refractivity contribution in [3.63, 3.8) is 0 Å². The first-order chi connectivity index (χ1) is 15.1. The summed E-state index contributed by atoms with van der Waals surface area (Å²) in [6.07, 6.45) is -3.73. The summed E-state index contributed by atoms with van der Waals surface area (Å²) in [5.41, 5.74) is 4.14. The van der Waals surface area contributed by atoms with Gasteiger partial charge in [0, 0.05) is 0 Å². The van der Waals surface area contributed by atoms with E-state index in [1.165, 1.54) is 12.1 Å². The van der Waals surface area contributed by atoms with E-state index in [1.807, 2.05) is 26.6 Å². The number of aryl methyl sites for hydroxylation is 1. The third-order valence-corrected chi connectivity index (χ3v) is 8.89. The SMILES string of the molecule is Cc1ccc(S(=O)(=O)N[C@@H]2[C@@H](C#C[Si](C)(C)C)[C@@H]3OS(=O)(=O)O[C@@H]3[C@H]3OC(C)(C)O[C@@H]23)cc1. The Morgan fingerprint density at radius 1 is 0.970 bits per heavy atom. The molecule has 4 rings (SSSR count). The number of fused-ring (bicyclic) bond motifs is 3. The first-order valence-corrected chi connectivity index (χ1v) is 17.0. The maximum atomic E-state index is 13.3. The lowest BCUT2D eigenvalue weighted by molar-refractivity contribution is -0.152. The predicted octanol–water partition coefficient (Wildman–Crippen LogP) is 1.70. The van der Waals surface area contributed by atoms with Crippen molar-refractivity contribution in [2.24, 2.45) is 5.92 Å². The molecule has 0 aromatic heterocycles. The monoisotopic (exact) mass is 515 g/mol. The lowest BCUT2D eigenvalue weighted by Gasteiger charge is -2.40. The average molecular weight is 516 g/mol. The lowest BCUT2D eigenvalue weighted by atomic mass is 9.78. The van der Waals surface area contributed by atoms with Crippen molar-refractivity contribution in [2.45, 2.75) is 81.6 Å². The van der Waals surface area contributed by atoms with E-state index in [0.717, 1.165) is 5.56 Å². The van der Waals surface area contributed by atoms with Crippen LogP contribution in [0.15, 0.2) is 29.2 Å². The van der Waals surface area contributed by atoms with Crippen LogP contribution in [0.5, 0.6) is 0 Å². The van der Waals surface area contributed by atoms with E-state index in [9.17, 15) is 16.8 Å². The van der Waals surface area contributed by atoms with Crippen LogP contribution < -0.4 is 4.72 Å². The van der Waals surface area contributed by atoms with Crippen LogP contribution >= 0.6 is 0 Å². The normalized spacial score (nSPS) is 34.7. The fourth-order valence-electron chi connectivity index (χ4n) is 4.24. The summed E-state index contributed by atoms with van der Waals surface area (Å²) >= 11 is 0. The Morgan fingerprint density at radius 2 is 1.55 bits per heavy atom. The van der Waals surface area contributed by atoms with Gasteiger partial charge in [0.2, 0.25) is 10.0 Å². The van der Waals surface area contributed by atoms with Crippen molar-refractivity contribution in [1.29, 1.82) is 0 Å². The van der Waals surface area contributed by atoms with Crippen LogP contribution in [0.25, 0.3) is 0 Å². The Balaban J connectivity index is 1.79. The Hall–Kier alpha value is -1.30. The van der Waals surface area contributed by atoms with Gasteiger partial charge in [-0.2, -0.15) is 8.42 Å². The van der Waals surface area contributed by atoms with Gasteiger partial charge in [0.25, 0.3) is 0 Å². The predicted molar refractivity (Wildman–Crippen MR) is 122 cm³/mol. The molecule has 33 heavy (non-hydrogen) atoms. The first kappa shape index (κ1) is 24.8. The fraction of sp³-hybridized carbons (Fsp3) is 0.619. The minimum atomic E-state index is -4.28. The Bertz CT molecular complexity index is 1200. The van der Waals surface area contributed by atoms with Gasteiger partial charge in [0.1, 0.15) is 32.5 Å². The Morgan fingerprint density at radius 3 is 2.15 bits per heavy atom. The quantitative estimate of drug-likeness (QED) is 0.478. The summed E-state index contributed by atoms with van der Waals surface area (Å²) in [6.45, 7) is 11.3. The van der Waals surface area contributed by atoms with Crippen LogP contribution in [-0.4, -0.2) is 61.2 Å². The molecule has 2 aliphatic heterocycles. The second-order valence-electron chi connectivity index (χ2n) is 10.1. The highest BCUT2D eigenvalue weighted by atomic mass is 32.3. The summed E-state index contributed by atoms with van der Waals surface area (Å²) < 4.78 is 76.2. The van der Waals surface area contributed by atoms with E-state index in [-0.39, 0.29) is 4.90 Å². The van der Waals surface area contributed by atoms with Gasteiger partial charge in [-0.25, -0.2) is 21.5 Å². The van der Waals surface area contributed by atoms with Gasteiger partial charge in [0.05, 0.1) is 16.9 Å². The summed E-state index contributed by atoms with van der Waals surface area (Å²) in [6, 6.07) is 5.51. The second-order valence-corrected chi connectivity index (χ2v) is 17.8. The van der Waals surface area contributed by atoms with Crippen LogP contribution in [0, 0.1) is 24.3 Å². The highest BCUT2D eigenvalue weighted by Gasteiger charge is 2.64. The molecule has 9 nitrogen and oxygen atoms in total. The van der Waals surface area contributed by atoms with E-state index < -0.39 is 70.7 Å². The topological polar surface area (TPSA) is 117 Å². The second kappa shape index (κ2) is 8.13. The van der Waals surface area contributed by atoms with Crippen molar-refractivity contribution in [3.05, 3.63) is 29.8 Å². The minimum Gasteiger partial charge on any atom is -0.343 e. The van der Waals surface area contributed by atoms with Crippen LogP contribution in [0.1, 0.15) is 19.4 Å². The van der Waals surface area contributed by atoms with Crippen molar-refractivity contribution in [2.75, 3.05) is 0 Å². The Kier molecular flexibility index (Phi) is 6.11. The van der Waals surface area contributed by atoms with E-state index in [1.54, 1.807) is 26.0 Å². The molecule has 3 fully saturated rings. The van der Waals surface area contributed by atoms with Crippen LogP contribution in [0.3, 0.4) is 0 Å². The molecule has 2 saturated heterocycles. The highest BCUT2D eigenvalue weighted by Crippen LogP contribution is 2.45. The molecule has 1 aromatic rings. The number of nitrogens with one attached hydrogen (secondary N) is 1. The van der Waals surface area contributed by atoms with Gasteiger partial charge in [-0.15, -0.1) is 11.5 Å². The van der Waals surface area contributed by atoms with Crippen LogP contribution in [0.4, 0.5) is 0 Å². The maximum absolute atomic E-state index is 13.3. The Labute approximate surface area is 196 Å². The van der Waals surface area contributed by atoms with Gasteiger partial charge in [-0.1, -0.05) is 37.3 Å². The number of hydrogen-bond acceptors (Lipinski definition) is 8. The number of sulfonamides is 1.